The molecule has 5 heteroatoms. The van der Waals surface area contributed by atoms with Gasteiger partial charge in [-0.15, -0.1) is 0 Å². The molecule has 5 nitrogen and oxygen atoms in total. The van der Waals surface area contributed by atoms with Crippen LogP contribution in [0.2, 0.25) is 0 Å². The predicted molar refractivity (Wildman–Crippen MR) is 85.8 cm³/mol. The third kappa shape index (κ3) is 2.58. The fraction of sp³-hybridized carbons (Fsp3) is 0.556. The maximum absolute atomic E-state index is 12.8. The van der Waals surface area contributed by atoms with Gasteiger partial charge >= 0.3 is 0 Å². The lowest BCUT2D eigenvalue weighted by atomic mass is 10.1. The van der Waals surface area contributed by atoms with Gasteiger partial charge in [0.15, 0.2) is 0 Å². The summed E-state index contributed by atoms with van der Waals surface area (Å²) in [6.45, 7) is 2.97. The summed E-state index contributed by atoms with van der Waals surface area (Å²) in [5.74, 6) is 0.649. The van der Waals surface area contributed by atoms with Crippen LogP contribution >= 0.6 is 0 Å². The van der Waals surface area contributed by atoms with Crippen molar-refractivity contribution in [1.82, 2.24) is 9.80 Å². The van der Waals surface area contributed by atoms with Crippen LogP contribution in [0.3, 0.4) is 0 Å². The van der Waals surface area contributed by atoms with Crippen molar-refractivity contribution in [2.45, 2.75) is 38.1 Å². The minimum Gasteiger partial charge on any atom is -0.491 e. The predicted octanol–water partition coefficient (Wildman–Crippen LogP) is 2.31. The zero-order chi connectivity index (χ0) is 15.8. The molecular weight excluding hydrogens is 292 g/mol. The van der Waals surface area contributed by atoms with Crippen LogP contribution in [0.15, 0.2) is 18.2 Å². The summed E-state index contributed by atoms with van der Waals surface area (Å²) in [5.41, 5.74) is 1.14. The van der Waals surface area contributed by atoms with E-state index in [4.69, 9.17) is 4.74 Å². The highest BCUT2D eigenvalue weighted by Gasteiger charge is 2.34. The van der Waals surface area contributed by atoms with Crippen LogP contribution in [0.4, 0.5) is 0 Å². The number of nitrogens with zero attached hydrogens (tertiary/aromatic N) is 2. The standard InChI is InChI=1S/C18H22N2O3/c21-17(19-8-2-1-3-9-19)13-6-7-16-15(11-13)18(22)20-10-4-5-14(20)12-23-16/h6-7,11,14H,1-5,8-10,12H2/t14-/m0/s1. The van der Waals surface area contributed by atoms with Gasteiger partial charge in [-0.1, -0.05) is 0 Å². The zero-order valence-corrected chi connectivity index (χ0v) is 13.3. The Bertz CT molecular complexity index is 637. The lowest BCUT2D eigenvalue weighted by Crippen LogP contribution is -2.37. The van der Waals surface area contributed by atoms with E-state index in [1.54, 1.807) is 18.2 Å². The second-order valence-electron chi connectivity index (χ2n) is 6.67. The molecule has 0 bridgehead atoms. The van der Waals surface area contributed by atoms with Gasteiger partial charge < -0.3 is 14.5 Å². The molecular formula is C18H22N2O3. The van der Waals surface area contributed by atoms with Gasteiger partial charge in [0.25, 0.3) is 11.8 Å². The number of benzene rings is 1. The normalized spacial score (nSPS) is 23.8. The van der Waals surface area contributed by atoms with Crippen molar-refractivity contribution in [2.75, 3.05) is 26.2 Å². The summed E-state index contributed by atoms with van der Waals surface area (Å²) in [5, 5.41) is 0. The first-order valence-corrected chi connectivity index (χ1v) is 8.61. The van der Waals surface area contributed by atoms with E-state index in [9.17, 15) is 9.59 Å². The zero-order valence-electron chi connectivity index (χ0n) is 13.3. The number of amides is 2. The van der Waals surface area contributed by atoms with Crippen molar-refractivity contribution in [3.05, 3.63) is 29.3 Å². The molecule has 0 radical (unpaired) electrons. The SMILES string of the molecule is O=C(c1ccc2c(c1)C(=O)N1CCC[C@H]1CO2)N1CCCCC1. The highest BCUT2D eigenvalue weighted by Crippen LogP contribution is 2.30. The summed E-state index contributed by atoms with van der Waals surface area (Å²) in [6, 6.07) is 5.48. The van der Waals surface area contributed by atoms with Gasteiger partial charge in [0.2, 0.25) is 0 Å². The highest BCUT2D eigenvalue weighted by molar-refractivity contribution is 6.02. The molecule has 0 spiro atoms. The van der Waals surface area contributed by atoms with Gasteiger partial charge in [0.05, 0.1) is 11.6 Å². The second-order valence-corrected chi connectivity index (χ2v) is 6.67. The van der Waals surface area contributed by atoms with E-state index in [0.717, 1.165) is 45.3 Å². The summed E-state index contributed by atoms with van der Waals surface area (Å²) in [4.78, 5) is 29.3. The second kappa shape index (κ2) is 5.87. The van der Waals surface area contributed by atoms with Crippen molar-refractivity contribution in [2.24, 2.45) is 0 Å². The summed E-state index contributed by atoms with van der Waals surface area (Å²) >= 11 is 0. The minimum atomic E-state index is 0.00768. The van der Waals surface area contributed by atoms with Crippen LogP contribution in [0.25, 0.3) is 0 Å². The molecule has 0 saturated carbocycles. The fourth-order valence-corrected chi connectivity index (χ4v) is 3.85. The molecule has 23 heavy (non-hydrogen) atoms. The number of ether oxygens (including phenoxy) is 1. The van der Waals surface area contributed by atoms with E-state index in [1.165, 1.54) is 6.42 Å². The molecule has 2 fully saturated rings. The molecule has 2 amide bonds. The fourth-order valence-electron chi connectivity index (χ4n) is 3.85. The number of carbonyl (C=O) groups is 2. The Morgan fingerprint density at radius 3 is 2.74 bits per heavy atom. The van der Waals surface area contributed by atoms with Crippen molar-refractivity contribution < 1.29 is 14.3 Å². The first-order valence-electron chi connectivity index (χ1n) is 8.61. The van der Waals surface area contributed by atoms with Crippen LogP contribution in [0.1, 0.15) is 52.8 Å². The molecule has 0 N–H and O–H groups in total. The Balaban J connectivity index is 1.63. The Morgan fingerprint density at radius 2 is 1.91 bits per heavy atom. The number of piperidine rings is 1. The van der Waals surface area contributed by atoms with Gasteiger partial charge in [0.1, 0.15) is 12.4 Å². The smallest absolute Gasteiger partial charge is 0.258 e. The summed E-state index contributed by atoms with van der Waals surface area (Å²) in [6.07, 6.45) is 5.35. The summed E-state index contributed by atoms with van der Waals surface area (Å²) < 4.78 is 5.83. The quantitative estimate of drug-likeness (QED) is 0.799. The molecule has 1 aromatic carbocycles. The first kappa shape index (κ1) is 14.5. The molecule has 1 atom stereocenters. The molecule has 3 aliphatic rings. The van der Waals surface area contributed by atoms with Crippen molar-refractivity contribution in [1.29, 1.82) is 0 Å². The van der Waals surface area contributed by atoms with Crippen molar-refractivity contribution in [3.63, 3.8) is 0 Å². The number of rotatable bonds is 1. The third-order valence-electron chi connectivity index (χ3n) is 5.17. The Kier molecular flexibility index (Phi) is 3.71. The average Bonchev–Trinajstić information content (AvgIpc) is 3.03. The van der Waals surface area contributed by atoms with E-state index < -0.39 is 0 Å². The summed E-state index contributed by atoms with van der Waals surface area (Å²) in [7, 11) is 0. The van der Waals surface area contributed by atoms with Crippen LogP contribution in [-0.2, 0) is 0 Å². The van der Waals surface area contributed by atoms with Crippen molar-refractivity contribution >= 4 is 11.8 Å². The lowest BCUT2D eigenvalue weighted by Gasteiger charge is -2.27. The molecule has 2 saturated heterocycles. The minimum absolute atomic E-state index is 0.00768. The molecule has 0 unspecified atom stereocenters. The van der Waals surface area contributed by atoms with E-state index in [1.807, 2.05) is 9.80 Å². The Hall–Kier alpha value is -2.04. The number of carbonyl (C=O) groups excluding carboxylic acids is 2. The van der Waals surface area contributed by atoms with Crippen LogP contribution in [0.5, 0.6) is 5.75 Å². The Morgan fingerprint density at radius 1 is 1.09 bits per heavy atom. The van der Waals surface area contributed by atoms with Crippen LogP contribution in [0, 0.1) is 0 Å². The molecule has 0 aliphatic carbocycles. The molecule has 122 valence electrons. The van der Waals surface area contributed by atoms with Crippen LogP contribution in [-0.4, -0.2) is 53.9 Å². The van der Waals surface area contributed by atoms with Crippen LogP contribution < -0.4 is 4.74 Å². The highest BCUT2D eigenvalue weighted by atomic mass is 16.5. The molecule has 3 heterocycles. The molecule has 4 rings (SSSR count). The lowest BCUT2D eigenvalue weighted by molar-refractivity contribution is 0.0724. The maximum atomic E-state index is 12.8. The number of hydrogen-bond donors (Lipinski definition) is 0. The number of hydrogen-bond acceptors (Lipinski definition) is 3. The molecule has 1 aromatic rings. The number of fused-ring (bicyclic) bond motifs is 2. The molecule has 3 aliphatic heterocycles. The van der Waals surface area contributed by atoms with E-state index in [0.29, 0.717) is 23.5 Å². The first-order chi connectivity index (χ1) is 11.2. The van der Waals surface area contributed by atoms with Gasteiger partial charge in [-0.3, -0.25) is 9.59 Å². The number of likely N-dealkylation sites (tertiary alicyclic amines) is 1. The third-order valence-corrected chi connectivity index (χ3v) is 5.17. The topological polar surface area (TPSA) is 49.9 Å². The van der Waals surface area contributed by atoms with Gasteiger partial charge in [0, 0.05) is 25.2 Å². The van der Waals surface area contributed by atoms with E-state index in [2.05, 4.69) is 0 Å². The molecule has 0 aromatic heterocycles. The van der Waals surface area contributed by atoms with Gasteiger partial charge in [-0.05, 0) is 50.3 Å². The van der Waals surface area contributed by atoms with E-state index >= 15 is 0 Å². The van der Waals surface area contributed by atoms with Gasteiger partial charge in [-0.25, -0.2) is 0 Å². The Labute approximate surface area is 136 Å². The monoisotopic (exact) mass is 314 g/mol. The van der Waals surface area contributed by atoms with E-state index in [-0.39, 0.29) is 17.9 Å². The maximum Gasteiger partial charge on any atom is 0.258 e. The van der Waals surface area contributed by atoms with Crippen molar-refractivity contribution in [3.8, 4) is 5.75 Å². The van der Waals surface area contributed by atoms with Gasteiger partial charge in [-0.2, -0.15) is 0 Å². The average molecular weight is 314 g/mol. The largest absolute Gasteiger partial charge is 0.491 e.